The molecule has 2 amide bonds. The first-order chi connectivity index (χ1) is 8.79. The molecule has 4 N–H and O–H groups in total. The Balaban J connectivity index is 2.62. The number of carbonyl (C=O) groups excluding carboxylic acids is 2. The average molecular weight is 263 g/mol. The first-order valence-electron chi connectivity index (χ1n) is 6.18. The maximum atomic E-state index is 11.7. The van der Waals surface area contributed by atoms with Crippen LogP contribution in [0.3, 0.4) is 0 Å². The standard InChI is InChI=1S/C14H21N3O2/c1-14(2,3)17-11(18)9-16-12(13(15)19)10-7-5-4-6-8-10/h4-8,12,16H,9H2,1-3H3,(H2,15,19)(H,17,18)/t12-/m1/s1. The number of primary amides is 1. The smallest absolute Gasteiger partial charge is 0.239 e. The number of amides is 2. The van der Waals surface area contributed by atoms with Gasteiger partial charge in [0.25, 0.3) is 0 Å². The van der Waals surface area contributed by atoms with Gasteiger partial charge >= 0.3 is 0 Å². The van der Waals surface area contributed by atoms with Crippen molar-refractivity contribution < 1.29 is 9.59 Å². The van der Waals surface area contributed by atoms with Crippen LogP contribution in [0.1, 0.15) is 32.4 Å². The monoisotopic (exact) mass is 263 g/mol. The van der Waals surface area contributed by atoms with Crippen molar-refractivity contribution in [2.45, 2.75) is 32.4 Å². The Morgan fingerprint density at radius 3 is 2.26 bits per heavy atom. The lowest BCUT2D eigenvalue weighted by Gasteiger charge is -2.22. The van der Waals surface area contributed by atoms with Crippen LogP contribution in [0.2, 0.25) is 0 Å². The lowest BCUT2D eigenvalue weighted by Crippen LogP contribution is -2.46. The third-order valence-electron chi connectivity index (χ3n) is 2.40. The van der Waals surface area contributed by atoms with Crippen LogP contribution in [0.25, 0.3) is 0 Å². The zero-order valence-electron chi connectivity index (χ0n) is 11.6. The SMILES string of the molecule is CC(C)(C)NC(=O)CN[C@@H](C(N)=O)c1ccccc1. The van der Waals surface area contributed by atoms with Crippen molar-refractivity contribution in [3.63, 3.8) is 0 Å². The topological polar surface area (TPSA) is 84.2 Å². The quantitative estimate of drug-likeness (QED) is 0.731. The minimum absolute atomic E-state index is 0.0414. The predicted octanol–water partition coefficient (Wildman–Crippen LogP) is 0.717. The zero-order valence-corrected chi connectivity index (χ0v) is 11.6. The number of hydrogen-bond acceptors (Lipinski definition) is 3. The second-order valence-electron chi connectivity index (χ2n) is 5.43. The van der Waals surface area contributed by atoms with Gasteiger partial charge in [0.15, 0.2) is 0 Å². The Kier molecular flexibility index (Phi) is 5.06. The fraction of sp³-hybridized carbons (Fsp3) is 0.429. The molecule has 1 aromatic carbocycles. The van der Waals surface area contributed by atoms with E-state index in [2.05, 4.69) is 10.6 Å². The van der Waals surface area contributed by atoms with E-state index in [1.807, 2.05) is 39.0 Å². The van der Waals surface area contributed by atoms with Crippen molar-refractivity contribution in [2.24, 2.45) is 5.73 Å². The summed E-state index contributed by atoms with van der Waals surface area (Å²) < 4.78 is 0. The fourth-order valence-electron chi connectivity index (χ4n) is 1.69. The van der Waals surface area contributed by atoms with Crippen molar-refractivity contribution in [3.8, 4) is 0 Å². The molecule has 0 aliphatic heterocycles. The van der Waals surface area contributed by atoms with Gasteiger partial charge in [-0.05, 0) is 26.3 Å². The number of carbonyl (C=O) groups is 2. The number of rotatable bonds is 5. The van der Waals surface area contributed by atoms with Gasteiger partial charge in [0, 0.05) is 5.54 Å². The minimum atomic E-state index is -0.660. The Morgan fingerprint density at radius 1 is 1.21 bits per heavy atom. The van der Waals surface area contributed by atoms with Gasteiger partial charge in [0.2, 0.25) is 11.8 Å². The van der Waals surface area contributed by atoms with Crippen LogP contribution >= 0.6 is 0 Å². The van der Waals surface area contributed by atoms with Gasteiger partial charge < -0.3 is 11.1 Å². The molecule has 0 saturated heterocycles. The molecule has 1 aromatic rings. The summed E-state index contributed by atoms with van der Waals surface area (Å²) in [5, 5.41) is 5.68. The van der Waals surface area contributed by atoms with E-state index < -0.39 is 11.9 Å². The zero-order chi connectivity index (χ0) is 14.5. The highest BCUT2D eigenvalue weighted by Gasteiger charge is 2.19. The van der Waals surface area contributed by atoms with Gasteiger partial charge in [-0.15, -0.1) is 0 Å². The first-order valence-corrected chi connectivity index (χ1v) is 6.18. The maximum Gasteiger partial charge on any atom is 0.239 e. The molecule has 0 aromatic heterocycles. The number of nitrogens with two attached hydrogens (primary N) is 1. The summed E-state index contributed by atoms with van der Waals surface area (Å²) in [6.45, 7) is 5.73. The molecule has 19 heavy (non-hydrogen) atoms. The summed E-state index contributed by atoms with van der Waals surface area (Å²) in [5.41, 5.74) is 5.80. The third kappa shape index (κ3) is 5.52. The Morgan fingerprint density at radius 2 is 1.79 bits per heavy atom. The molecule has 5 heteroatoms. The van der Waals surface area contributed by atoms with E-state index in [0.29, 0.717) is 0 Å². The molecule has 0 radical (unpaired) electrons. The number of nitrogens with one attached hydrogen (secondary N) is 2. The third-order valence-corrected chi connectivity index (χ3v) is 2.40. The van der Waals surface area contributed by atoms with E-state index in [4.69, 9.17) is 5.73 Å². The molecule has 1 atom stereocenters. The van der Waals surface area contributed by atoms with Crippen molar-refractivity contribution in [2.75, 3.05) is 6.54 Å². The van der Waals surface area contributed by atoms with E-state index in [0.717, 1.165) is 5.56 Å². The van der Waals surface area contributed by atoms with Crippen LogP contribution in [-0.4, -0.2) is 23.9 Å². The Bertz CT molecular complexity index is 438. The largest absolute Gasteiger partial charge is 0.368 e. The van der Waals surface area contributed by atoms with Gasteiger partial charge in [0.1, 0.15) is 6.04 Å². The van der Waals surface area contributed by atoms with Crippen LogP contribution in [0, 0.1) is 0 Å². The second kappa shape index (κ2) is 6.33. The van der Waals surface area contributed by atoms with E-state index >= 15 is 0 Å². The van der Waals surface area contributed by atoms with E-state index in [-0.39, 0.29) is 18.0 Å². The van der Waals surface area contributed by atoms with Gasteiger partial charge in [0.05, 0.1) is 6.54 Å². The summed E-state index contributed by atoms with van der Waals surface area (Å²) in [6, 6.07) is 8.43. The normalized spacial score (nSPS) is 12.8. The van der Waals surface area contributed by atoms with Crippen LogP contribution < -0.4 is 16.4 Å². The van der Waals surface area contributed by atoms with Crippen molar-refractivity contribution in [1.29, 1.82) is 0 Å². The molecular formula is C14H21N3O2. The highest BCUT2D eigenvalue weighted by molar-refractivity contribution is 5.83. The highest BCUT2D eigenvalue weighted by Crippen LogP contribution is 2.11. The average Bonchev–Trinajstić information content (AvgIpc) is 2.27. The second-order valence-corrected chi connectivity index (χ2v) is 5.43. The molecule has 1 rings (SSSR count). The van der Waals surface area contributed by atoms with Gasteiger partial charge in [-0.3, -0.25) is 14.9 Å². The summed E-state index contributed by atoms with van der Waals surface area (Å²) in [4.78, 5) is 23.1. The van der Waals surface area contributed by atoms with Crippen molar-refractivity contribution >= 4 is 11.8 Å². The van der Waals surface area contributed by atoms with Gasteiger partial charge in [-0.25, -0.2) is 0 Å². The summed E-state index contributed by atoms with van der Waals surface area (Å²) in [5.74, 6) is -0.676. The molecular weight excluding hydrogens is 242 g/mol. The van der Waals surface area contributed by atoms with E-state index in [1.54, 1.807) is 12.1 Å². The number of benzene rings is 1. The molecule has 0 bridgehead atoms. The lowest BCUT2D eigenvalue weighted by atomic mass is 10.1. The summed E-state index contributed by atoms with van der Waals surface area (Å²) >= 11 is 0. The van der Waals surface area contributed by atoms with Crippen molar-refractivity contribution in [3.05, 3.63) is 35.9 Å². The molecule has 0 unspecified atom stereocenters. The molecule has 0 spiro atoms. The molecule has 0 fully saturated rings. The first kappa shape index (κ1) is 15.2. The molecule has 5 nitrogen and oxygen atoms in total. The molecule has 0 aliphatic rings. The Hall–Kier alpha value is -1.88. The Labute approximate surface area is 113 Å². The lowest BCUT2D eigenvalue weighted by molar-refractivity contribution is -0.122. The van der Waals surface area contributed by atoms with Crippen molar-refractivity contribution in [1.82, 2.24) is 10.6 Å². The molecule has 104 valence electrons. The van der Waals surface area contributed by atoms with Crippen LogP contribution in [0.4, 0.5) is 0 Å². The maximum absolute atomic E-state index is 11.7. The molecule has 0 saturated carbocycles. The van der Waals surface area contributed by atoms with E-state index in [9.17, 15) is 9.59 Å². The minimum Gasteiger partial charge on any atom is -0.368 e. The fourth-order valence-corrected chi connectivity index (χ4v) is 1.69. The van der Waals surface area contributed by atoms with Crippen LogP contribution in [-0.2, 0) is 9.59 Å². The van der Waals surface area contributed by atoms with Crippen LogP contribution in [0.15, 0.2) is 30.3 Å². The van der Waals surface area contributed by atoms with Gasteiger partial charge in [-0.1, -0.05) is 30.3 Å². The van der Waals surface area contributed by atoms with Gasteiger partial charge in [-0.2, -0.15) is 0 Å². The molecule has 0 aliphatic carbocycles. The summed E-state index contributed by atoms with van der Waals surface area (Å²) in [6.07, 6.45) is 0. The van der Waals surface area contributed by atoms with E-state index in [1.165, 1.54) is 0 Å². The highest BCUT2D eigenvalue weighted by atomic mass is 16.2. The van der Waals surface area contributed by atoms with Crippen LogP contribution in [0.5, 0.6) is 0 Å². The number of hydrogen-bond donors (Lipinski definition) is 3. The molecule has 0 heterocycles. The predicted molar refractivity (Wildman–Crippen MR) is 74.3 cm³/mol. The summed E-state index contributed by atoms with van der Waals surface area (Å²) in [7, 11) is 0.